The molecular weight excluding hydrogens is 401 g/mol. The summed E-state index contributed by atoms with van der Waals surface area (Å²) >= 11 is 0. The average Bonchev–Trinajstić information content (AvgIpc) is 2.59. The first kappa shape index (κ1) is 23.0. The van der Waals surface area contributed by atoms with Gasteiger partial charge in [-0.3, -0.25) is 9.59 Å². The highest BCUT2D eigenvalue weighted by Gasteiger charge is 2.24. The van der Waals surface area contributed by atoms with Crippen molar-refractivity contribution in [3.8, 4) is 0 Å². The Labute approximate surface area is 174 Å². The standard InChI is InChI=1S/C22H30FNO3Si2/c1-28(2,3)18-11-16(12-19(14-18)29(4,5)6)22(27)24-17-9-7-15(20(23)13-17)8-10-21(25)26/h7,9,11-14H,8,10H2,1-6H3,(H,24,27)(H,25,26). The summed E-state index contributed by atoms with van der Waals surface area (Å²) in [4.78, 5) is 23.6. The van der Waals surface area contributed by atoms with Gasteiger partial charge >= 0.3 is 5.97 Å². The number of carbonyl (C=O) groups excluding carboxylic acids is 1. The predicted octanol–water partition coefficient (Wildman–Crippen LogP) is 4.19. The number of hydrogen-bond acceptors (Lipinski definition) is 2. The van der Waals surface area contributed by atoms with Crippen molar-refractivity contribution in [2.45, 2.75) is 52.1 Å². The van der Waals surface area contributed by atoms with Gasteiger partial charge in [0.05, 0.1) is 16.1 Å². The lowest BCUT2D eigenvalue weighted by molar-refractivity contribution is -0.136. The molecule has 2 rings (SSSR count). The smallest absolute Gasteiger partial charge is 0.303 e. The number of rotatable bonds is 7. The summed E-state index contributed by atoms with van der Waals surface area (Å²) in [5.74, 6) is -1.74. The molecule has 4 nitrogen and oxygen atoms in total. The van der Waals surface area contributed by atoms with Crippen LogP contribution in [0.15, 0.2) is 36.4 Å². The minimum absolute atomic E-state index is 0.118. The fourth-order valence-electron chi connectivity index (χ4n) is 2.90. The minimum atomic E-state index is -1.61. The molecule has 0 radical (unpaired) electrons. The maximum atomic E-state index is 14.3. The average molecular weight is 432 g/mol. The third-order valence-corrected chi connectivity index (χ3v) is 8.89. The van der Waals surface area contributed by atoms with E-state index in [9.17, 15) is 14.0 Å². The molecule has 156 valence electrons. The number of aryl methyl sites for hydroxylation is 1. The number of hydrogen-bond donors (Lipinski definition) is 2. The van der Waals surface area contributed by atoms with E-state index in [2.05, 4.69) is 50.7 Å². The van der Waals surface area contributed by atoms with Crippen LogP contribution >= 0.6 is 0 Å². The minimum Gasteiger partial charge on any atom is -0.481 e. The summed E-state index contributed by atoms with van der Waals surface area (Å²) in [5, 5.41) is 14.0. The van der Waals surface area contributed by atoms with Gasteiger partial charge in [0.25, 0.3) is 5.91 Å². The van der Waals surface area contributed by atoms with Crippen LogP contribution in [0.3, 0.4) is 0 Å². The number of anilines is 1. The highest BCUT2D eigenvalue weighted by molar-refractivity contribution is 6.91. The first-order chi connectivity index (χ1) is 13.3. The summed E-state index contributed by atoms with van der Waals surface area (Å²) in [5.41, 5.74) is 1.28. The summed E-state index contributed by atoms with van der Waals surface area (Å²) in [7, 11) is -3.23. The molecule has 0 aliphatic heterocycles. The molecule has 0 fully saturated rings. The number of carbonyl (C=O) groups is 2. The topological polar surface area (TPSA) is 66.4 Å². The second kappa shape index (κ2) is 8.63. The van der Waals surface area contributed by atoms with E-state index in [0.29, 0.717) is 16.8 Å². The molecule has 2 aromatic carbocycles. The van der Waals surface area contributed by atoms with Crippen molar-refractivity contribution in [1.29, 1.82) is 0 Å². The Balaban J connectivity index is 2.30. The highest BCUT2D eigenvalue weighted by Crippen LogP contribution is 2.17. The second-order valence-corrected chi connectivity index (χ2v) is 19.6. The Bertz CT molecular complexity index is 898. The lowest BCUT2D eigenvalue weighted by Gasteiger charge is -2.24. The van der Waals surface area contributed by atoms with E-state index in [4.69, 9.17) is 5.11 Å². The number of nitrogens with one attached hydrogen (secondary N) is 1. The monoisotopic (exact) mass is 431 g/mol. The van der Waals surface area contributed by atoms with E-state index < -0.39 is 27.9 Å². The molecular formula is C22H30FNO3Si2. The predicted molar refractivity (Wildman–Crippen MR) is 123 cm³/mol. The van der Waals surface area contributed by atoms with Gasteiger partial charge in [-0.2, -0.15) is 0 Å². The van der Waals surface area contributed by atoms with Gasteiger partial charge in [0.2, 0.25) is 0 Å². The molecule has 2 N–H and O–H groups in total. The Kier molecular flexibility index (Phi) is 6.85. The number of carboxylic acids is 1. The van der Waals surface area contributed by atoms with Gasteiger partial charge < -0.3 is 10.4 Å². The third kappa shape index (κ3) is 6.37. The van der Waals surface area contributed by atoms with Crippen LogP contribution in [-0.2, 0) is 11.2 Å². The Morgan fingerprint density at radius 3 is 1.93 bits per heavy atom. The fourth-order valence-corrected chi connectivity index (χ4v) is 5.40. The molecule has 0 bridgehead atoms. The summed E-state index contributed by atoms with van der Waals surface area (Å²) in [6.45, 7) is 13.5. The lowest BCUT2D eigenvalue weighted by Crippen LogP contribution is -2.46. The Morgan fingerprint density at radius 1 is 0.931 bits per heavy atom. The zero-order valence-corrected chi connectivity index (χ0v) is 20.0. The largest absolute Gasteiger partial charge is 0.481 e. The van der Waals surface area contributed by atoms with E-state index >= 15 is 0 Å². The molecule has 0 atom stereocenters. The molecule has 0 aliphatic rings. The highest BCUT2D eigenvalue weighted by atomic mass is 28.3. The molecule has 1 amide bonds. The second-order valence-electron chi connectivity index (χ2n) is 9.45. The van der Waals surface area contributed by atoms with E-state index in [0.717, 1.165) is 0 Å². The van der Waals surface area contributed by atoms with Gasteiger partial charge in [-0.25, -0.2) is 4.39 Å². The van der Waals surface area contributed by atoms with Gasteiger partial charge in [-0.05, 0) is 24.1 Å². The van der Waals surface area contributed by atoms with Crippen LogP contribution in [0, 0.1) is 5.82 Å². The molecule has 0 aliphatic carbocycles. The zero-order chi connectivity index (χ0) is 22.0. The molecule has 0 spiro atoms. The van der Waals surface area contributed by atoms with E-state index in [1.165, 1.54) is 22.5 Å². The number of amides is 1. The fraction of sp³-hybridized carbons (Fsp3) is 0.364. The summed E-state index contributed by atoms with van der Waals surface area (Å²) in [6.07, 6.45) is -0.0151. The Hall–Kier alpha value is -2.26. The molecule has 2 aromatic rings. The Morgan fingerprint density at radius 2 is 1.48 bits per heavy atom. The quantitative estimate of drug-likeness (QED) is 0.646. The van der Waals surface area contributed by atoms with E-state index in [1.807, 2.05) is 12.1 Å². The van der Waals surface area contributed by atoms with Gasteiger partial charge in [-0.15, -0.1) is 0 Å². The van der Waals surface area contributed by atoms with Crippen molar-refractivity contribution < 1.29 is 19.1 Å². The van der Waals surface area contributed by atoms with Gasteiger partial charge in [0.15, 0.2) is 0 Å². The molecule has 29 heavy (non-hydrogen) atoms. The van der Waals surface area contributed by atoms with Crippen LogP contribution in [0.4, 0.5) is 10.1 Å². The molecule has 0 heterocycles. The van der Waals surface area contributed by atoms with Crippen molar-refractivity contribution in [2.24, 2.45) is 0 Å². The molecule has 0 saturated carbocycles. The molecule has 0 aromatic heterocycles. The number of aliphatic carboxylic acids is 1. The van der Waals surface area contributed by atoms with Crippen molar-refractivity contribution in [3.63, 3.8) is 0 Å². The van der Waals surface area contributed by atoms with Crippen molar-refractivity contribution >= 4 is 44.1 Å². The maximum Gasteiger partial charge on any atom is 0.303 e. The molecule has 7 heteroatoms. The van der Waals surface area contributed by atoms with Crippen LogP contribution in [-0.4, -0.2) is 33.1 Å². The normalized spacial score (nSPS) is 12.0. The van der Waals surface area contributed by atoms with Crippen LogP contribution in [0.25, 0.3) is 0 Å². The van der Waals surface area contributed by atoms with Crippen LogP contribution in [0.2, 0.25) is 39.3 Å². The van der Waals surface area contributed by atoms with Crippen molar-refractivity contribution in [2.75, 3.05) is 5.32 Å². The number of benzene rings is 2. The van der Waals surface area contributed by atoms with Gasteiger partial charge in [0, 0.05) is 17.7 Å². The van der Waals surface area contributed by atoms with Crippen molar-refractivity contribution in [1.82, 2.24) is 0 Å². The molecule has 0 unspecified atom stereocenters. The van der Waals surface area contributed by atoms with E-state index in [-0.39, 0.29) is 18.7 Å². The number of halogens is 1. The summed E-state index contributed by atoms with van der Waals surface area (Å²) < 4.78 is 14.3. The van der Waals surface area contributed by atoms with Gasteiger partial charge in [0.1, 0.15) is 5.82 Å². The van der Waals surface area contributed by atoms with Crippen LogP contribution in [0.1, 0.15) is 22.3 Å². The van der Waals surface area contributed by atoms with Crippen LogP contribution in [0.5, 0.6) is 0 Å². The first-order valence-electron chi connectivity index (χ1n) is 9.75. The first-order valence-corrected chi connectivity index (χ1v) is 16.7. The zero-order valence-electron chi connectivity index (χ0n) is 18.0. The number of carboxylic acid groups (broad SMARTS) is 1. The maximum absolute atomic E-state index is 14.3. The lowest BCUT2D eigenvalue weighted by atomic mass is 10.1. The van der Waals surface area contributed by atoms with E-state index in [1.54, 1.807) is 6.07 Å². The summed E-state index contributed by atoms with van der Waals surface area (Å²) in [6, 6.07) is 10.6. The van der Waals surface area contributed by atoms with Crippen LogP contribution < -0.4 is 15.7 Å². The van der Waals surface area contributed by atoms with Gasteiger partial charge in [-0.1, -0.05) is 73.9 Å². The third-order valence-electron chi connectivity index (χ3n) is 4.85. The SMILES string of the molecule is C[Si](C)(C)c1cc(C(=O)Nc2ccc(CCC(=O)O)c(F)c2)cc([Si](C)(C)C)c1. The van der Waals surface area contributed by atoms with Crippen molar-refractivity contribution in [3.05, 3.63) is 53.3 Å². The molecule has 0 saturated heterocycles.